The first-order chi connectivity index (χ1) is 13.5. The highest BCUT2D eigenvalue weighted by Gasteiger charge is 2.31. The number of ether oxygens (including phenoxy) is 1. The van der Waals surface area contributed by atoms with Crippen molar-refractivity contribution in [3.05, 3.63) is 59.2 Å². The number of esters is 1. The van der Waals surface area contributed by atoms with Crippen molar-refractivity contribution >= 4 is 29.2 Å². The second-order valence-corrected chi connectivity index (χ2v) is 7.26. The normalized spacial score (nSPS) is 16.0. The van der Waals surface area contributed by atoms with Crippen LogP contribution in [-0.2, 0) is 38.4 Å². The largest absolute Gasteiger partial charge is 0.452 e. The number of fused-ring (bicyclic) bond motifs is 2. The molecule has 28 heavy (non-hydrogen) atoms. The van der Waals surface area contributed by atoms with Crippen LogP contribution in [0.1, 0.15) is 30.0 Å². The van der Waals surface area contributed by atoms with E-state index in [4.69, 9.17) is 4.74 Å². The summed E-state index contributed by atoms with van der Waals surface area (Å²) >= 11 is 0. The molecule has 2 aromatic rings. The molecule has 0 saturated heterocycles. The van der Waals surface area contributed by atoms with Crippen molar-refractivity contribution in [1.29, 1.82) is 0 Å². The highest BCUT2D eigenvalue weighted by atomic mass is 16.5. The maximum atomic E-state index is 12.8. The van der Waals surface area contributed by atoms with Crippen LogP contribution in [0.25, 0.3) is 0 Å². The molecule has 0 saturated carbocycles. The summed E-state index contributed by atoms with van der Waals surface area (Å²) in [5.41, 5.74) is 4.72. The first-order valence-corrected chi connectivity index (χ1v) is 9.51. The smallest absolute Gasteiger partial charge is 0.311 e. The Morgan fingerprint density at radius 2 is 1.93 bits per heavy atom. The topological polar surface area (TPSA) is 75.7 Å². The Labute approximate surface area is 163 Å². The average Bonchev–Trinajstić information content (AvgIpc) is 3.14. The van der Waals surface area contributed by atoms with Crippen molar-refractivity contribution in [2.45, 2.75) is 38.7 Å². The molecule has 0 bridgehead atoms. The lowest BCUT2D eigenvalue weighted by Gasteiger charge is -2.30. The zero-order valence-corrected chi connectivity index (χ0v) is 15.7. The lowest BCUT2D eigenvalue weighted by atomic mass is 10.0. The predicted molar refractivity (Wildman–Crippen MR) is 105 cm³/mol. The lowest BCUT2D eigenvalue weighted by molar-refractivity contribution is -0.153. The second kappa shape index (κ2) is 7.46. The van der Waals surface area contributed by atoms with E-state index >= 15 is 0 Å². The second-order valence-electron chi connectivity index (χ2n) is 7.26. The Kier molecular flexibility index (Phi) is 4.86. The van der Waals surface area contributed by atoms with Crippen molar-refractivity contribution in [1.82, 2.24) is 0 Å². The zero-order chi connectivity index (χ0) is 19.7. The molecule has 1 heterocycles. The SMILES string of the molecule is C[C@H](OC(=O)Cc1ccc2c(c1)CCC2)C(=O)N1CC(=O)Nc2ccccc21. The monoisotopic (exact) mass is 378 g/mol. The van der Waals surface area contributed by atoms with E-state index in [-0.39, 0.29) is 18.9 Å². The number of hydrogen-bond acceptors (Lipinski definition) is 4. The van der Waals surface area contributed by atoms with E-state index in [0.717, 1.165) is 24.8 Å². The molecule has 0 unspecified atom stereocenters. The third kappa shape index (κ3) is 3.63. The molecular formula is C22H22N2O4. The third-order valence-electron chi connectivity index (χ3n) is 5.20. The van der Waals surface area contributed by atoms with Crippen LogP contribution >= 0.6 is 0 Å². The van der Waals surface area contributed by atoms with Crippen LogP contribution in [0.5, 0.6) is 0 Å². The lowest BCUT2D eigenvalue weighted by Crippen LogP contribution is -2.47. The van der Waals surface area contributed by atoms with E-state index in [1.165, 1.54) is 23.0 Å². The molecule has 1 atom stereocenters. The number of hydrogen-bond donors (Lipinski definition) is 1. The average molecular weight is 378 g/mol. The molecular weight excluding hydrogens is 356 g/mol. The predicted octanol–water partition coefficient (Wildman–Crippen LogP) is 2.63. The Bertz CT molecular complexity index is 953. The van der Waals surface area contributed by atoms with Gasteiger partial charge in [-0.05, 0) is 55.0 Å². The minimum absolute atomic E-state index is 0.0947. The van der Waals surface area contributed by atoms with Gasteiger partial charge in [-0.15, -0.1) is 0 Å². The van der Waals surface area contributed by atoms with E-state index in [0.29, 0.717) is 11.4 Å². The number of amides is 2. The molecule has 6 nitrogen and oxygen atoms in total. The van der Waals surface area contributed by atoms with Gasteiger partial charge < -0.3 is 10.1 Å². The summed E-state index contributed by atoms with van der Waals surface area (Å²) in [5, 5.41) is 2.74. The molecule has 1 N–H and O–H groups in total. The maximum Gasteiger partial charge on any atom is 0.311 e. The van der Waals surface area contributed by atoms with Crippen molar-refractivity contribution in [3.63, 3.8) is 0 Å². The van der Waals surface area contributed by atoms with Gasteiger partial charge in [0.05, 0.1) is 17.8 Å². The summed E-state index contributed by atoms with van der Waals surface area (Å²) in [7, 11) is 0. The Morgan fingerprint density at radius 1 is 1.14 bits per heavy atom. The number of rotatable bonds is 4. The Balaban J connectivity index is 1.42. The van der Waals surface area contributed by atoms with Crippen LogP contribution in [0.4, 0.5) is 11.4 Å². The van der Waals surface area contributed by atoms with Crippen molar-refractivity contribution in [2.75, 3.05) is 16.8 Å². The number of carbonyl (C=O) groups is 3. The minimum Gasteiger partial charge on any atom is -0.452 e. The molecule has 1 aliphatic carbocycles. The zero-order valence-electron chi connectivity index (χ0n) is 15.7. The third-order valence-corrected chi connectivity index (χ3v) is 5.20. The van der Waals surface area contributed by atoms with Gasteiger partial charge in [-0.1, -0.05) is 30.3 Å². The Morgan fingerprint density at radius 3 is 2.79 bits per heavy atom. The molecule has 0 fully saturated rings. The number of para-hydroxylation sites is 2. The van der Waals surface area contributed by atoms with E-state index in [1.54, 1.807) is 24.3 Å². The van der Waals surface area contributed by atoms with Gasteiger partial charge in [0.2, 0.25) is 5.91 Å². The van der Waals surface area contributed by atoms with Crippen LogP contribution in [0, 0.1) is 0 Å². The van der Waals surface area contributed by atoms with Crippen LogP contribution in [0.15, 0.2) is 42.5 Å². The summed E-state index contributed by atoms with van der Waals surface area (Å²) in [6.07, 6.45) is 2.45. The molecule has 0 spiro atoms. The van der Waals surface area contributed by atoms with Crippen molar-refractivity contribution < 1.29 is 19.1 Å². The molecule has 2 aromatic carbocycles. The van der Waals surface area contributed by atoms with Crippen molar-refractivity contribution in [2.24, 2.45) is 0 Å². The van der Waals surface area contributed by atoms with Crippen LogP contribution in [0.3, 0.4) is 0 Å². The quantitative estimate of drug-likeness (QED) is 0.830. The number of anilines is 2. The van der Waals surface area contributed by atoms with Crippen molar-refractivity contribution in [3.8, 4) is 0 Å². The summed E-state index contributed by atoms with van der Waals surface area (Å²) in [5.74, 6) is -1.14. The molecule has 6 heteroatoms. The highest BCUT2D eigenvalue weighted by molar-refractivity contribution is 6.11. The fourth-order valence-electron chi connectivity index (χ4n) is 3.84. The molecule has 0 aromatic heterocycles. The summed E-state index contributed by atoms with van der Waals surface area (Å²) in [6.45, 7) is 1.45. The van der Waals surface area contributed by atoms with Gasteiger partial charge in [-0.25, -0.2) is 0 Å². The highest BCUT2D eigenvalue weighted by Crippen LogP contribution is 2.29. The van der Waals surface area contributed by atoms with Crippen LogP contribution < -0.4 is 10.2 Å². The van der Waals surface area contributed by atoms with Gasteiger partial charge in [-0.2, -0.15) is 0 Å². The van der Waals surface area contributed by atoms with E-state index in [1.807, 2.05) is 6.07 Å². The number of benzene rings is 2. The van der Waals surface area contributed by atoms with Gasteiger partial charge in [0.25, 0.3) is 5.91 Å². The molecule has 4 rings (SSSR count). The molecule has 1 aliphatic heterocycles. The van der Waals surface area contributed by atoms with Crippen LogP contribution in [0.2, 0.25) is 0 Å². The summed E-state index contributed by atoms with van der Waals surface area (Å²) < 4.78 is 5.38. The van der Waals surface area contributed by atoms with Gasteiger partial charge in [0.15, 0.2) is 6.10 Å². The molecule has 0 radical (unpaired) electrons. The van der Waals surface area contributed by atoms with Gasteiger partial charge in [0.1, 0.15) is 6.54 Å². The van der Waals surface area contributed by atoms with Gasteiger partial charge in [0, 0.05) is 0 Å². The first-order valence-electron chi connectivity index (χ1n) is 9.51. The van der Waals surface area contributed by atoms with E-state index in [2.05, 4.69) is 17.4 Å². The van der Waals surface area contributed by atoms with E-state index < -0.39 is 18.0 Å². The summed E-state index contributed by atoms with van der Waals surface area (Å²) in [4.78, 5) is 38.4. The first kappa shape index (κ1) is 18.2. The number of aryl methyl sites for hydroxylation is 2. The summed E-state index contributed by atoms with van der Waals surface area (Å²) in [6, 6.07) is 13.1. The van der Waals surface area contributed by atoms with Gasteiger partial charge >= 0.3 is 5.97 Å². The maximum absolute atomic E-state index is 12.8. The van der Waals surface area contributed by atoms with Gasteiger partial charge in [-0.3, -0.25) is 19.3 Å². The molecule has 144 valence electrons. The van der Waals surface area contributed by atoms with Crippen LogP contribution in [-0.4, -0.2) is 30.4 Å². The standard InChI is InChI=1S/C22H22N2O4/c1-14(22(27)24-13-20(25)23-18-7-2-3-8-19(18)24)28-21(26)12-15-9-10-16-5-4-6-17(16)11-15/h2-3,7-11,14H,4-6,12-13H2,1H3,(H,23,25)/t14-/m0/s1. The fourth-order valence-corrected chi connectivity index (χ4v) is 3.84. The number of carbonyl (C=O) groups excluding carboxylic acids is 3. The van der Waals surface area contributed by atoms with E-state index in [9.17, 15) is 14.4 Å². The number of nitrogens with zero attached hydrogens (tertiary/aromatic N) is 1. The molecule has 2 aliphatic rings. The Hall–Kier alpha value is -3.15. The molecule has 2 amide bonds. The number of nitrogens with one attached hydrogen (secondary N) is 1. The fraction of sp³-hybridized carbons (Fsp3) is 0.318. The minimum atomic E-state index is -0.971.